The number of hydrogen-bond donors (Lipinski definition) is 0. The van der Waals surface area contributed by atoms with Crippen LogP contribution in [0.4, 0.5) is 5.95 Å². The first-order chi connectivity index (χ1) is 10.7. The molecule has 0 radical (unpaired) electrons. The molecule has 7 nitrogen and oxygen atoms in total. The Morgan fingerprint density at radius 1 is 1.05 bits per heavy atom. The Hall–Kier alpha value is -2.15. The minimum absolute atomic E-state index is 0.0944. The molecule has 0 aromatic carbocycles. The molecule has 0 aliphatic carbocycles. The lowest BCUT2D eigenvalue weighted by atomic mass is 10.1. The van der Waals surface area contributed by atoms with Gasteiger partial charge in [0, 0.05) is 25.9 Å². The van der Waals surface area contributed by atoms with Crippen LogP contribution in [0.3, 0.4) is 0 Å². The van der Waals surface area contributed by atoms with Crippen LogP contribution in [0.25, 0.3) is 0 Å². The Kier molecular flexibility index (Phi) is 4.53. The van der Waals surface area contributed by atoms with Crippen molar-refractivity contribution in [3.63, 3.8) is 0 Å². The van der Waals surface area contributed by atoms with E-state index in [1.807, 2.05) is 0 Å². The van der Waals surface area contributed by atoms with Gasteiger partial charge in [0.2, 0.25) is 5.95 Å². The monoisotopic (exact) mass is 321 g/mol. The van der Waals surface area contributed by atoms with Crippen LogP contribution in [0.5, 0.6) is 11.8 Å². The van der Waals surface area contributed by atoms with E-state index in [1.165, 1.54) is 0 Å². The van der Waals surface area contributed by atoms with Gasteiger partial charge < -0.3 is 14.4 Å². The van der Waals surface area contributed by atoms with E-state index in [2.05, 4.69) is 24.8 Å². The molecule has 3 rings (SSSR count). The van der Waals surface area contributed by atoms with E-state index < -0.39 is 0 Å². The maximum atomic E-state index is 5.80. The molecule has 0 bridgehead atoms. The van der Waals surface area contributed by atoms with Crippen molar-refractivity contribution >= 4 is 17.5 Å². The maximum Gasteiger partial charge on any atom is 0.316 e. The summed E-state index contributed by atoms with van der Waals surface area (Å²) < 4.78 is 10.8. The third-order valence-electron chi connectivity index (χ3n) is 3.44. The van der Waals surface area contributed by atoms with Crippen molar-refractivity contribution < 1.29 is 9.47 Å². The largest absolute Gasteiger partial charge is 0.494 e. The number of anilines is 1. The Morgan fingerprint density at radius 2 is 1.68 bits per heavy atom. The molecule has 1 aliphatic heterocycles. The fraction of sp³-hybridized carbons (Fsp3) is 0.429. The summed E-state index contributed by atoms with van der Waals surface area (Å²) in [6, 6.07) is 0.377. The predicted octanol–water partition coefficient (Wildman–Crippen LogP) is 1.98. The van der Waals surface area contributed by atoms with E-state index in [0.717, 1.165) is 25.9 Å². The molecule has 0 atom stereocenters. The van der Waals surface area contributed by atoms with Crippen molar-refractivity contribution in [1.29, 1.82) is 0 Å². The van der Waals surface area contributed by atoms with E-state index in [1.54, 1.807) is 31.9 Å². The van der Waals surface area contributed by atoms with Gasteiger partial charge in [-0.1, -0.05) is 11.6 Å². The first-order valence-electron chi connectivity index (χ1n) is 7.00. The number of ether oxygens (including phenoxy) is 2. The number of piperidine rings is 1. The number of nitrogens with zero attached hydrogens (tertiary/aromatic N) is 5. The number of halogens is 1. The molecule has 8 heteroatoms. The van der Waals surface area contributed by atoms with E-state index in [0.29, 0.717) is 22.7 Å². The van der Waals surface area contributed by atoms with Crippen molar-refractivity contribution in [3.8, 4) is 11.8 Å². The zero-order chi connectivity index (χ0) is 15.4. The molecule has 0 saturated carbocycles. The quantitative estimate of drug-likeness (QED) is 0.852. The van der Waals surface area contributed by atoms with Gasteiger partial charge in [-0.25, -0.2) is 9.97 Å². The van der Waals surface area contributed by atoms with Crippen LogP contribution in [0.15, 0.2) is 24.8 Å². The van der Waals surface area contributed by atoms with Crippen molar-refractivity contribution in [2.24, 2.45) is 0 Å². The smallest absolute Gasteiger partial charge is 0.316 e. The molecule has 3 heterocycles. The van der Waals surface area contributed by atoms with Gasteiger partial charge in [0.1, 0.15) is 6.10 Å². The number of rotatable bonds is 4. The highest BCUT2D eigenvalue weighted by Crippen LogP contribution is 2.20. The highest BCUT2D eigenvalue weighted by Gasteiger charge is 2.22. The first kappa shape index (κ1) is 14.8. The average Bonchev–Trinajstić information content (AvgIpc) is 2.57. The van der Waals surface area contributed by atoms with Crippen LogP contribution < -0.4 is 14.4 Å². The molecule has 0 N–H and O–H groups in total. The lowest BCUT2D eigenvalue weighted by Gasteiger charge is -2.31. The summed E-state index contributed by atoms with van der Waals surface area (Å²) in [4.78, 5) is 18.8. The highest BCUT2D eigenvalue weighted by atomic mass is 35.5. The standard InChI is InChI=1S/C14H16ClN5O2/c1-21-12-8-18-14(19-9-12)22-11-2-4-20(5-3-11)13-16-6-10(15)7-17-13/h6-9,11H,2-5H2,1H3. The molecule has 1 saturated heterocycles. The summed E-state index contributed by atoms with van der Waals surface area (Å²) in [6.45, 7) is 1.64. The van der Waals surface area contributed by atoms with Crippen LogP contribution >= 0.6 is 11.6 Å². The number of hydrogen-bond acceptors (Lipinski definition) is 7. The zero-order valence-corrected chi connectivity index (χ0v) is 12.9. The third-order valence-corrected chi connectivity index (χ3v) is 3.64. The Balaban J connectivity index is 1.53. The minimum atomic E-state index is 0.0944. The molecule has 1 fully saturated rings. The molecule has 0 spiro atoms. The van der Waals surface area contributed by atoms with Crippen LogP contribution in [0.1, 0.15) is 12.8 Å². The topological polar surface area (TPSA) is 73.3 Å². The summed E-state index contributed by atoms with van der Waals surface area (Å²) in [5.41, 5.74) is 0. The lowest BCUT2D eigenvalue weighted by molar-refractivity contribution is 0.155. The molecule has 2 aromatic rings. The average molecular weight is 322 g/mol. The molecule has 116 valence electrons. The van der Waals surface area contributed by atoms with Gasteiger partial charge in [0.15, 0.2) is 5.75 Å². The van der Waals surface area contributed by atoms with Gasteiger partial charge >= 0.3 is 6.01 Å². The SMILES string of the molecule is COc1cnc(OC2CCN(c3ncc(Cl)cn3)CC2)nc1. The molecule has 0 unspecified atom stereocenters. The second-order valence-corrected chi connectivity index (χ2v) is 5.35. The van der Waals surface area contributed by atoms with Gasteiger partial charge in [-0.2, -0.15) is 9.97 Å². The summed E-state index contributed by atoms with van der Waals surface area (Å²) >= 11 is 5.80. The Labute approximate surface area is 133 Å². The number of aromatic nitrogens is 4. The van der Waals surface area contributed by atoms with Gasteiger partial charge in [-0.15, -0.1) is 0 Å². The summed E-state index contributed by atoms with van der Waals surface area (Å²) in [5, 5.41) is 0.540. The van der Waals surface area contributed by atoms with Crippen molar-refractivity contribution in [2.75, 3.05) is 25.1 Å². The second kappa shape index (κ2) is 6.74. The molecule has 0 amide bonds. The zero-order valence-electron chi connectivity index (χ0n) is 12.1. The molecular weight excluding hydrogens is 306 g/mol. The van der Waals surface area contributed by atoms with Gasteiger partial charge in [0.05, 0.1) is 36.9 Å². The van der Waals surface area contributed by atoms with E-state index in [-0.39, 0.29) is 6.10 Å². The van der Waals surface area contributed by atoms with Crippen LogP contribution in [-0.4, -0.2) is 46.2 Å². The Morgan fingerprint density at radius 3 is 2.27 bits per heavy atom. The lowest BCUT2D eigenvalue weighted by Crippen LogP contribution is -2.39. The van der Waals surface area contributed by atoms with E-state index in [9.17, 15) is 0 Å². The van der Waals surface area contributed by atoms with Crippen LogP contribution in [-0.2, 0) is 0 Å². The third kappa shape index (κ3) is 3.54. The minimum Gasteiger partial charge on any atom is -0.494 e. The summed E-state index contributed by atoms with van der Waals surface area (Å²) in [5.74, 6) is 1.31. The highest BCUT2D eigenvalue weighted by molar-refractivity contribution is 6.30. The fourth-order valence-corrected chi connectivity index (χ4v) is 2.36. The Bertz CT molecular complexity index is 600. The van der Waals surface area contributed by atoms with Crippen molar-refractivity contribution in [3.05, 3.63) is 29.8 Å². The van der Waals surface area contributed by atoms with Crippen LogP contribution in [0, 0.1) is 0 Å². The van der Waals surface area contributed by atoms with Crippen molar-refractivity contribution in [1.82, 2.24) is 19.9 Å². The molecule has 2 aromatic heterocycles. The van der Waals surface area contributed by atoms with E-state index >= 15 is 0 Å². The van der Waals surface area contributed by atoms with E-state index in [4.69, 9.17) is 21.1 Å². The number of methoxy groups -OCH3 is 1. The predicted molar refractivity (Wildman–Crippen MR) is 81.5 cm³/mol. The molecule has 1 aliphatic rings. The van der Waals surface area contributed by atoms with Crippen LogP contribution in [0.2, 0.25) is 5.02 Å². The summed E-state index contributed by atoms with van der Waals surface area (Å²) in [7, 11) is 1.58. The second-order valence-electron chi connectivity index (χ2n) is 4.91. The summed E-state index contributed by atoms with van der Waals surface area (Å²) in [6.07, 6.45) is 8.23. The maximum absolute atomic E-state index is 5.80. The molecule has 22 heavy (non-hydrogen) atoms. The first-order valence-corrected chi connectivity index (χ1v) is 7.37. The van der Waals surface area contributed by atoms with Gasteiger partial charge in [-0.05, 0) is 0 Å². The fourth-order valence-electron chi connectivity index (χ4n) is 2.26. The van der Waals surface area contributed by atoms with Gasteiger partial charge in [0.25, 0.3) is 0 Å². The van der Waals surface area contributed by atoms with Crippen molar-refractivity contribution in [2.45, 2.75) is 18.9 Å². The molecular formula is C14H16ClN5O2. The normalized spacial score (nSPS) is 15.6. The van der Waals surface area contributed by atoms with Gasteiger partial charge in [-0.3, -0.25) is 0 Å².